The number of carboxylic acid groups (broad SMARTS) is 1. The predicted molar refractivity (Wildman–Crippen MR) is 73.6 cm³/mol. The highest BCUT2D eigenvalue weighted by molar-refractivity contribution is 9.11. The molecule has 1 aromatic carbocycles. The van der Waals surface area contributed by atoms with Crippen molar-refractivity contribution in [2.75, 3.05) is 0 Å². The fourth-order valence-electron chi connectivity index (χ4n) is 1.78. The minimum Gasteiger partial charge on any atom is -0.478 e. The molecule has 0 radical (unpaired) electrons. The van der Waals surface area contributed by atoms with Crippen molar-refractivity contribution in [2.45, 2.75) is 13.8 Å². The molecule has 1 aromatic heterocycles. The summed E-state index contributed by atoms with van der Waals surface area (Å²) < 4.78 is 1.61. The summed E-state index contributed by atoms with van der Waals surface area (Å²) in [6.45, 7) is 3.59. The van der Waals surface area contributed by atoms with E-state index in [2.05, 4.69) is 36.8 Å². The van der Waals surface area contributed by atoms with E-state index in [0.29, 0.717) is 22.0 Å². The zero-order chi connectivity index (χ0) is 12.7. The summed E-state index contributed by atoms with van der Waals surface area (Å²) in [5.41, 5.74) is 2.43. The van der Waals surface area contributed by atoms with Gasteiger partial charge in [0.2, 0.25) is 0 Å². The van der Waals surface area contributed by atoms with Gasteiger partial charge in [-0.15, -0.1) is 0 Å². The molecule has 1 N–H and O–H groups in total. The first-order valence-corrected chi connectivity index (χ1v) is 6.49. The third kappa shape index (κ3) is 2.09. The van der Waals surface area contributed by atoms with E-state index in [1.165, 1.54) is 0 Å². The molecule has 0 atom stereocenters. The average Bonchev–Trinajstić information content (AvgIpc) is 2.20. The van der Waals surface area contributed by atoms with Crippen LogP contribution in [0.1, 0.15) is 21.6 Å². The minimum atomic E-state index is -0.928. The smallest absolute Gasteiger partial charge is 0.336 e. The van der Waals surface area contributed by atoms with Gasteiger partial charge in [-0.3, -0.25) is 4.98 Å². The molecule has 0 spiro atoms. The Balaban J connectivity index is 3.03. The summed E-state index contributed by atoms with van der Waals surface area (Å²) in [7, 11) is 0. The molecule has 0 aliphatic rings. The Kier molecular flexibility index (Phi) is 3.23. The number of halogens is 2. The highest BCUT2D eigenvalue weighted by atomic mass is 79.9. The SMILES string of the molecule is Cc1nc2c(Br)cc(Br)cc2c(C(=O)O)c1C. The second kappa shape index (κ2) is 4.38. The van der Waals surface area contributed by atoms with Crippen molar-refractivity contribution in [1.29, 1.82) is 0 Å². The molecule has 2 rings (SSSR count). The van der Waals surface area contributed by atoms with Crippen molar-refractivity contribution < 1.29 is 9.90 Å². The van der Waals surface area contributed by atoms with Gasteiger partial charge < -0.3 is 5.11 Å². The third-order valence-corrected chi connectivity index (χ3v) is 3.77. The van der Waals surface area contributed by atoms with Gasteiger partial charge in [-0.05, 0) is 47.5 Å². The molecular weight excluding hydrogens is 350 g/mol. The van der Waals surface area contributed by atoms with E-state index < -0.39 is 5.97 Å². The van der Waals surface area contributed by atoms with Crippen molar-refractivity contribution in [3.8, 4) is 0 Å². The lowest BCUT2D eigenvalue weighted by molar-refractivity contribution is 0.0698. The van der Waals surface area contributed by atoms with Gasteiger partial charge >= 0.3 is 5.97 Å². The van der Waals surface area contributed by atoms with Crippen LogP contribution in [0, 0.1) is 13.8 Å². The Morgan fingerprint density at radius 3 is 2.53 bits per heavy atom. The summed E-state index contributed by atoms with van der Waals surface area (Å²) in [5, 5.41) is 9.95. The summed E-state index contributed by atoms with van der Waals surface area (Å²) in [6.07, 6.45) is 0. The number of carbonyl (C=O) groups is 1. The molecule has 2 aromatic rings. The minimum absolute atomic E-state index is 0.314. The first kappa shape index (κ1) is 12.5. The monoisotopic (exact) mass is 357 g/mol. The molecule has 0 saturated carbocycles. The van der Waals surface area contributed by atoms with Crippen LogP contribution in [-0.2, 0) is 0 Å². The van der Waals surface area contributed by atoms with Gasteiger partial charge in [0.05, 0.1) is 11.1 Å². The lowest BCUT2D eigenvalue weighted by atomic mass is 10.0. The number of rotatable bonds is 1. The zero-order valence-electron chi connectivity index (χ0n) is 9.21. The molecule has 17 heavy (non-hydrogen) atoms. The fourth-order valence-corrected chi connectivity index (χ4v) is 3.09. The van der Waals surface area contributed by atoms with Crippen LogP contribution in [0.15, 0.2) is 21.1 Å². The quantitative estimate of drug-likeness (QED) is 0.835. The first-order valence-electron chi connectivity index (χ1n) is 4.91. The highest BCUT2D eigenvalue weighted by Gasteiger charge is 2.17. The number of benzene rings is 1. The number of fused-ring (bicyclic) bond motifs is 1. The number of aromatic nitrogens is 1. The van der Waals surface area contributed by atoms with E-state index in [0.717, 1.165) is 14.6 Å². The molecule has 1 heterocycles. The topological polar surface area (TPSA) is 50.2 Å². The molecule has 88 valence electrons. The normalized spacial score (nSPS) is 10.8. The van der Waals surface area contributed by atoms with Crippen LogP contribution in [-0.4, -0.2) is 16.1 Å². The van der Waals surface area contributed by atoms with Crippen LogP contribution in [0.2, 0.25) is 0 Å². The Morgan fingerprint density at radius 2 is 1.94 bits per heavy atom. The van der Waals surface area contributed by atoms with Crippen LogP contribution in [0.25, 0.3) is 10.9 Å². The van der Waals surface area contributed by atoms with E-state index in [9.17, 15) is 9.90 Å². The standard InChI is InChI=1S/C12H9Br2NO2/c1-5-6(2)15-11-8(10(5)12(16)17)3-7(13)4-9(11)14/h3-4H,1-2H3,(H,16,17). The number of nitrogens with zero attached hydrogens (tertiary/aromatic N) is 1. The van der Waals surface area contributed by atoms with Crippen LogP contribution in [0.3, 0.4) is 0 Å². The van der Waals surface area contributed by atoms with Crippen LogP contribution >= 0.6 is 31.9 Å². The number of pyridine rings is 1. The molecule has 0 fully saturated rings. The largest absolute Gasteiger partial charge is 0.478 e. The molecule has 0 aliphatic carbocycles. The summed E-state index contributed by atoms with van der Waals surface area (Å²) in [6, 6.07) is 3.64. The Labute approximate surface area is 115 Å². The lowest BCUT2D eigenvalue weighted by Gasteiger charge is -2.10. The van der Waals surface area contributed by atoms with Gasteiger partial charge in [0.15, 0.2) is 0 Å². The number of carboxylic acids is 1. The Hall–Kier alpha value is -0.940. The summed E-state index contributed by atoms with van der Waals surface area (Å²) in [4.78, 5) is 15.8. The van der Waals surface area contributed by atoms with Gasteiger partial charge in [0.1, 0.15) is 0 Å². The van der Waals surface area contributed by atoms with Crippen molar-refractivity contribution >= 4 is 48.7 Å². The molecule has 0 aliphatic heterocycles. The molecule has 3 nitrogen and oxygen atoms in total. The number of hydrogen-bond acceptors (Lipinski definition) is 2. The molecule has 0 unspecified atom stereocenters. The maximum atomic E-state index is 11.4. The highest BCUT2D eigenvalue weighted by Crippen LogP contribution is 2.31. The Bertz CT molecular complexity index is 638. The van der Waals surface area contributed by atoms with E-state index in [1.807, 2.05) is 13.0 Å². The molecular formula is C12H9Br2NO2. The van der Waals surface area contributed by atoms with Crippen molar-refractivity contribution in [2.24, 2.45) is 0 Å². The zero-order valence-corrected chi connectivity index (χ0v) is 12.4. The molecule has 0 amide bonds. The van der Waals surface area contributed by atoms with Crippen LogP contribution in [0.5, 0.6) is 0 Å². The fraction of sp³-hybridized carbons (Fsp3) is 0.167. The lowest BCUT2D eigenvalue weighted by Crippen LogP contribution is -2.05. The van der Waals surface area contributed by atoms with Gasteiger partial charge in [-0.1, -0.05) is 15.9 Å². The van der Waals surface area contributed by atoms with Crippen LogP contribution in [0.4, 0.5) is 0 Å². The average molecular weight is 359 g/mol. The molecule has 0 saturated heterocycles. The summed E-state index contributed by atoms with van der Waals surface area (Å²) in [5.74, 6) is -0.928. The van der Waals surface area contributed by atoms with E-state index >= 15 is 0 Å². The number of aromatic carboxylic acids is 1. The van der Waals surface area contributed by atoms with Crippen molar-refractivity contribution in [1.82, 2.24) is 4.98 Å². The first-order chi connectivity index (χ1) is 7.91. The van der Waals surface area contributed by atoms with E-state index in [4.69, 9.17) is 0 Å². The van der Waals surface area contributed by atoms with Crippen molar-refractivity contribution in [3.63, 3.8) is 0 Å². The third-order valence-electron chi connectivity index (χ3n) is 2.71. The number of aryl methyl sites for hydroxylation is 1. The second-order valence-electron chi connectivity index (χ2n) is 3.79. The van der Waals surface area contributed by atoms with Gasteiger partial charge in [-0.2, -0.15) is 0 Å². The summed E-state index contributed by atoms with van der Waals surface area (Å²) >= 11 is 6.76. The predicted octanol–water partition coefficient (Wildman–Crippen LogP) is 4.07. The van der Waals surface area contributed by atoms with Gasteiger partial charge in [0.25, 0.3) is 0 Å². The maximum Gasteiger partial charge on any atom is 0.336 e. The maximum absolute atomic E-state index is 11.4. The molecule has 0 bridgehead atoms. The second-order valence-corrected chi connectivity index (χ2v) is 5.56. The van der Waals surface area contributed by atoms with Gasteiger partial charge in [0, 0.05) is 20.0 Å². The Morgan fingerprint density at radius 1 is 1.29 bits per heavy atom. The van der Waals surface area contributed by atoms with E-state index in [-0.39, 0.29) is 0 Å². The molecule has 5 heteroatoms. The van der Waals surface area contributed by atoms with Crippen molar-refractivity contribution in [3.05, 3.63) is 37.9 Å². The van der Waals surface area contributed by atoms with Crippen LogP contribution < -0.4 is 0 Å². The van der Waals surface area contributed by atoms with Gasteiger partial charge in [-0.25, -0.2) is 4.79 Å². The number of hydrogen-bond donors (Lipinski definition) is 1. The van der Waals surface area contributed by atoms with E-state index in [1.54, 1.807) is 13.0 Å².